The van der Waals surface area contributed by atoms with Crippen LogP contribution in [0.5, 0.6) is 0 Å². The topological polar surface area (TPSA) is 89.0 Å². The molecule has 0 atom stereocenters. The number of hydrogen-bond acceptors (Lipinski definition) is 4. The van der Waals surface area contributed by atoms with Crippen LogP contribution in [-0.2, 0) is 17.4 Å². The van der Waals surface area contributed by atoms with E-state index in [-0.39, 0.29) is 24.1 Å². The molecule has 6 nitrogen and oxygen atoms in total. The van der Waals surface area contributed by atoms with Gasteiger partial charge in [-0.05, 0) is 49.6 Å². The Morgan fingerprint density at radius 3 is 2.48 bits per heavy atom. The van der Waals surface area contributed by atoms with Crippen LogP contribution >= 0.6 is 0 Å². The summed E-state index contributed by atoms with van der Waals surface area (Å²) in [6.45, 7) is 3.30. The number of aromatic amines is 1. The molecule has 1 aromatic heterocycles. The van der Waals surface area contributed by atoms with E-state index >= 15 is 0 Å². The van der Waals surface area contributed by atoms with Crippen molar-refractivity contribution >= 4 is 17.3 Å². The van der Waals surface area contributed by atoms with Crippen molar-refractivity contribution in [2.24, 2.45) is 0 Å². The number of nitriles is 1. The molecular formula is C20H21F3N4O2. The highest BCUT2D eigenvalue weighted by atomic mass is 19.4. The summed E-state index contributed by atoms with van der Waals surface area (Å²) in [4.78, 5) is 28.4. The van der Waals surface area contributed by atoms with E-state index in [1.807, 2.05) is 6.07 Å². The number of hydrogen-bond donors (Lipinski definition) is 2. The molecule has 9 heteroatoms. The van der Waals surface area contributed by atoms with Gasteiger partial charge < -0.3 is 15.2 Å². The number of aromatic nitrogens is 1. The molecular weight excluding hydrogens is 385 g/mol. The summed E-state index contributed by atoms with van der Waals surface area (Å²) in [6, 6.07) is 5.00. The minimum atomic E-state index is -4.53. The van der Waals surface area contributed by atoms with E-state index in [9.17, 15) is 22.8 Å². The molecule has 0 saturated heterocycles. The van der Waals surface area contributed by atoms with Crippen molar-refractivity contribution in [2.45, 2.75) is 32.9 Å². The first-order valence-corrected chi connectivity index (χ1v) is 8.76. The van der Waals surface area contributed by atoms with Crippen molar-refractivity contribution in [1.29, 1.82) is 5.26 Å². The fraction of sp³-hybridized carbons (Fsp3) is 0.350. The van der Waals surface area contributed by atoms with Crippen LogP contribution in [0.15, 0.2) is 23.0 Å². The molecule has 154 valence electrons. The van der Waals surface area contributed by atoms with Crippen LogP contribution in [0.3, 0.4) is 0 Å². The standard InChI is InChI=1S/C20H21F3N4O2/c1-11-14(12(2)25-19(29)15(11)10-24)6-8-18(28)26-16-9-13(20(21,22)23)5-7-17(16)27(3)4/h5,7,9H,6,8H2,1-4H3,(H,25,29)(H,26,28). The molecule has 0 fully saturated rings. The number of rotatable bonds is 5. The number of nitrogens with one attached hydrogen (secondary N) is 2. The minimum absolute atomic E-state index is 0.0150. The quantitative estimate of drug-likeness (QED) is 0.795. The van der Waals surface area contributed by atoms with Crippen molar-refractivity contribution < 1.29 is 18.0 Å². The van der Waals surface area contributed by atoms with Crippen molar-refractivity contribution in [2.75, 3.05) is 24.3 Å². The Kier molecular flexibility index (Phi) is 6.37. The number of amides is 1. The van der Waals surface area contributed by atoms with E-state index in [2.05, 4.69) is 10.3 Å². The van der Waals surface area contributed by atoms with Gasteiger partial charge in [-0.3, -0.25) is 9.59 Å². The van der Waals surface area contributed by atoms with Crippen LogP contribution < -0.4 is 15.8 Å². The van der Waals surface area contributed by atoms with Gasteiger partial charge in [-0.2, -0.15) is 18.4 Å². The number of carbonyl (C=O) groups is 1. The molecule has 0 aliphatic carbocycles. The third-order valence-electron chi connectivity index (χ3n) is 4.60. The SMILES string of the molecule is Cc1[nH]c(=O)c(C#N)c(C)c1CCC(=O)Nc1cc(C(F)(F)F)ccc1N(C)C. The lowest BCUT2D eigenvalue weighted by Crippen LogP contribution is -2.20. The molecule has 0 aliphatic rings. The zero-order valence-electron chi connectivity index (χ0n) is 16.5. The molecule has 2 N–H and O–H groups in total. The summed E-state index contributed by atoms with van der Waals surface area (Å²) in [6.07, 6.45) is -4.32. The highest BCUT2D eigenvalue weighted by Gasteiger charge is 2.31. The van der Waals surface area contributed by atoms with Gasteiger partial charge in [0.1, 0.15) is 11.6 Å². The van der Waals surface area contributed by atoms with Gasteiger partial charge in [-0.15, -0.1) is 0 Å². The minimum Gasteiger partial charge on any atom is -0.376 e. The van der Waals surface area contributed by atoms with E-state index in [0.29, 0.717) is 22.5 Å². The first-order valence-electron chi connectivity index (χ1n) is 8.76. The fourth-order valence-corrected chi connectivity index (χ4v) is 3.07. The largest absolute Gasteiger partial charge is 0.416 e. The van der Waals surface area contributed by atoms with E-state index < -0.39 is 23.2 Å². The average Bonchev–Trinajstić information content (AvgIpc) is 2.60. The smallest absolute Gasteiger partial charge is 0.376 e. The maximum atomic E-state index is 13.0. The maximum absolute atomic E-state index is 13.0. The number of benzene rings is 1. The maximum Gasteiger partial charge on any atom is 0.416 e. The second kappa shape index (κ2) is 8.39. The predicted molar refractivity (Wildman–Crippen MR) is 104 cm³/mol. The Labute approximate surface area is 166 Å². The fourth-order valence-electron chi connectivity index (χ4n) is 3.07. The number of nitrogens with zero attached hydrogens (tertiary/aromatic N) is 2. The second-order valence-corrected chi connectivity index (χ2v) is 6.84. The molecule has 0 unspecified atom stereocenters. The Bertz CT molecular complexity index is 1030. The lowest BCUT2D eigenvalue weighted by molar-refractivity contribution is -0.137. The molecule has 0 saturated carbocycles. The van der Waals surface area contributed by atoms with Gasteiger partial charge in [-0.1, -0.05) is 0 Å². The van der Waals surface area contributed by atoms with Crippen LogP contribution in [-0.4, -0.2) is 25.0 Å². The first-order chi connectivity index (χ1) is 13.5. The number of aryl methyl sites for hydroxylation is 1. The van der Waals surface area contributed by atoms with Crippen LogP contribution in [0.1, 0.15) is 34.4 Å². The summed E-state index contributed by atoms with van der Waals surface area (Å²) in [5.41, 5.74) is 0.838. The number of H-pyrrole nitrogens is 1. The Balaban J connectivity index is 2.25. The van der Waals surface area contributed by atoms with Gasteiger partial charge in [0, 0.05) is 26.2 Å². The third-order valence-corrected chi connectivity index (χ3v) is 4.60. The lowest BCUT2D eigenvalue weighted by atomic mass is 9.99. The Morgan fingerprint density at radius 2 is 1.93 bits per heavy atom. The molecule has 0 bridgehead atoms. The van der Waals surface area contributed by atoms with E-state index in [0.717, 1.165) is 12.1 Å². The number of pyridine rings is 1. The zero-order chi connectivity index (χ0) is 21.9. The normalized spacial score (nSPS) is 11.1. The van der Waals surface area contributed by atoms with Crippen molar-refractivity contribution in [3.05, 3.63) is 56.5 Å². The molecule has 0 aliphatic heterocycles. The number of alkyl halides is 3. The van der Waals surface area contributed by atoms with Crippen LogP contribution in [0.25, 0.3) is 0 Å². The second-order valence-electron chi connectivity index (χ2n) is 6.84. The molecule has 29 heavy (non-hydrogen) atoms. The van der Waals surface area contributed by atoms with Gasteiger partial charge in [0.15, 0.2) is 0 Å². The summed E-state index contributed by atoms with van der Waals surface area (Å²) in [7, 11) is 3.32. The van der Waals surface area contributed by atoms with Crippen LogP contribution in [0.2, 0.25) is 0 Å². The summed E-state index contributed by atoms with van der Waals surface area (Å²) in [5.74, 6) is -0.476. The van der Waals surface area contributed by atoms with Gasteiger partial charge in [0.2, 0.25) is 5.91 Å². The summed E-state index contributed by atoms with van der Waals surface area (Å²) in [5, 5.41) is 11.7. The molecule has 1 heterocycles. The number of carbonyl (C=O) groups excluding carboxylic acids is 1. The predicted octanol–water partition coefficient (Wildman–Crippen LogP) is 3.52. The molecule has 1 amide bonds. The van der Waals surface area contributed by atoms with Crippen molar-refractivity contribution in [3.8, 4) is 6.07 Å². The van der Waals surface area contributed by atoms with E-state index in [4.69, 9.17) is 5.26 Å². The van der Waals surface area contributed by atoms with Crippen molar-refractivity contribution in [1.82, 2.24) is 4.98 Å². The Morgan fingerprint density at radius 1 is 1.28 bits per heavy atom. The highest BCUT2D eigenvalue weighted by Crippen LogP contribution is 2.35. The van der Waals surface area contributed by atoms with Crippen molar-refractivity contribution in [3.63, 3.8) is 0 Å². The molecule has 0 spiro atoms. The Hall–Kier alpha value is -3.28. The molecule has 2 rings (SSSR count). The van der Waals surface area contributed by atoms with Gasteiger partial charge in [0.05, 0.1) is 16.9 Å². The highest BCUT2D eigenvalue weighted by molar-refractivity contribution is 5.94. The summed E-state index contributed by atoms with van der Waals surface area (Å²) >= 11 is 0. The van der Waals surface area contributed by atoms with Gasteiger partial charge >= 0.3 is 6.18 Å². The molecule has 0 radical (unpaired) electrons. The van der Waals surface area contributed by atoms with Crippen LogP contribution in [0.4, 0.5) is 24.5 Å². The zero-order valence-corrected chi connectivity index (χ0v) is 16.5. The first kappa shape index (κ1) is 22.0. The average molecular weight is 406 g/mol. The van der Waals surface area contributed by atoms with Gasteiger partial charge in [0.25, 0.3) is 5.56 Å². The molecule has 2 aromatic rings. The number of anilines is 2. The van der Waals surface area contributed by atoms with E-state index in [1.54, 1.807) is 32.8 Å². The number of halogens is 3. The van der Waals surface area contributed by atoms with Gasteiger partial charge in [-0.25, -0.2) is 0 Å². The summed E-state index contributed by atoms with van der Waals surface area (Å²) < 4.78 is 39.1. The monoisotopic (exact) mass is 406 g/mol. The van der Waals surface area contributed by atoms with E-state index in [1.165, 1.54) is 6.07 Å². The molecule has 1 aromatic carbocycles. The van der Waals surface area contributed by atoms with Crippen LogP contribution in [0, 0.1) is 25.2 Å². The lowest BCUT2D eigenvalue weighted by Gasteiger charge is -2.20. The third kappa shape index (κ3) is 4.96.